The number of carbonyl (C=O) groups is 7. The summed E-state index contributed by atoms with van der Waals surface area (Å²) in [6, 6.07) is 1.99. The minimum atomic E-state index is -3.45. The van der Waals surface area contributed by atoms with E-state index in [9.17, 15) is 47.4 Å². The molecule has 3 rings (SSSR count). The number of halogens is 2. The molecule has 0 bridgehead atoms. The Labute approximate surface area is 289 Å². The van der Waals surface area contributed by atoms with Gasteiger partial charge in [-0.05, 0) is 36.7 Å². The second kappa shape index (κ2) is 18.4. The lowest BCUT2D eigenvalue weighted by molar-refractivity contribution is -0.144. The number of hydrogen-bond donors (Lipinski definition) is 5. The molecular formula is C34H47F2N5O9. The van der Waals surface area contributed by atoms with Gasteiger partial charge in [-0.25, -0.2) is 18.4 Å². The van der Waals surface area contributed by atoms with Gasteiger partial charge in [0.15, 0.2) is 6.04 Å². The zero-order valence-electron chi connectivity index (χ0n) is 28.5. The number of carboxylic acid groups (broad SMARTS) is 1. The largest absolute Gasteiger partial charge is 0.479 e. The fraction of sp³-hybridized carbons (Fsp3) is 0.618. The first kappa shape index (κ1) is 39.8. The van der Waals surface area contributed by atoms with Crippen molar-refractivity contribution in [2.75, 3.05) is 19.7 Å². The van der Waals surface area contributed by atoms with Gasteiger partial charge in [-0.1, -0.05) is 76.8 Å². The average Bonchev–Trinajstić information content (AvgIpc) is 3.42. The van der Waals surface area contributed by atoms with Gasteiger partial charge in [0.05, 0.1) is 25.7 Å². The molecule has 4 atom stereocenters. The fourth-order valence-corrected chi connectivity index (χ4v) is 6.10. The molecule has 0 radical (unpaired) electrons. The molecule has 1 aliphatic heterocycles. The Bertz CT molecular complexity index is 1390. The Morgan fingerprint density at radius 3 is 2.24 bits per heavy atom. The van der Waals surface area contributed by atoms with Crippen molar-refractivity contribution in [2.45, 2.75) is 102 Å². The molecule has 0 spiro atoms. The number of aliphatic carboxylic acids is 1. The first-order valence-electron chi connectivity index (χ1n) is 16.9. The summed E-state index contributed by atoms with van der Waals surface area (Å²) >= 11 is 0. The Kier molecular flexibility index (Phi) is 14.6. The lowest BCUT2D eigenvalue weighted by atomic mass is 9.83. The highest BCUT2D eigenvalue weighted by Gasteiger charge is 2.52. The van der Waals surface area contributed by atoms with Crippen LogP contribution < -0.4 is 21.3 Å². The van der Waals surface area contributed by atoms with Gasteiger partial charge in [-0.2, -0.15) is 0 Å². The molecule has 1 saturated carbocycles. The Morgan fingerprint density at radius 2 is 1.64 bits per heavy atom. The van der Waals surface area contributed by atoms with E-state index in [-0.39, 0.29) is 36.8 Å². The number of rotatable bonds is 16. The second-order valence-electron chi connectivity index (χ2n) is 13.2. The first-order valence-corrected chi connectivity index (χ1v) is 16.9. The van der Waals surface area contributed by atoms with Crippen LogP contribution in [0.5, 0.6) is 0 Å². The molecule has 276 valence electrons. The molecular weight excluding hydrogens is 660 g/mol. The van der Waals surface area contributed by atoms with Crippen molar-refractivity contribution in [3.8, 4) is 0 Å². The number of amides is 5. The van der Waals surface area contributed by atoms with Crippen molar-refractivity contribution >= 4 is 41.5 Å². The van der Waals surface area contributed by atoms with Crippen molar-refractivity contribution in [1.29, 1.82) is 0 Å². The van der Waals surface area contributed by atoms with E-state index < -0.39 is 91.1 Å². The predicted molar refractivity (Wildman–Crippen MR) is 175 cm³/mol. The van der Waals surface area contributed by atoms with Crippen LogP contribution in [0.25, 0.3) is 0 Å². The number of carboxylic acids is 1. The van der Waals surface area contributed by atoms with Crippen molar-refractivity contribution in [1.82, 2.24) is 26.2 Å². The molecule has 1 aliphatic carbocycles. The monoisotopic (exact) mass is 707 g/mol. The first-order chi connectivity index (χ1) is 23.6. The van der Waals surface area contributed by atoms with E-state index in [1.165, 1.54) is 12.1 Å². The average molecular weight is 708 g/mol. The minimum Gasteiger partial charge on any atom is -0.479 e. The molecule has 1 saturated heterocycles. The van der Waals surface area contributed by atoms with E-state index in [1.807, 2.05) is 13.8 Å². The van der Waals surface area contributed by atoms with Crippen LogP contribution in [0.3, 0.4) is 0 Å². The second-order valence-corrected chi connectivity index (χ2v) is 13.2. The van der Waals surface area contributed by atoms with Crippen molar-refractivity contribution in [3.63, 3.8) is 0 Å². The lowest BCUT2D eigenvalue weighted by Gasteiger charge is -2.34. The van der Waals surface area contributed by atoms with E-state index in [1.54, 1.807) is 25.1 Å². The number of alkyl halides is 2. The third kappa shape index (κ3) is 11.5. The molecule has 50 heavy (non-hydrogen) atoms. The van der Waals surface area contributed by atoms with Crippen LogP contribution in [-0.2, 0) is 33.5 Å². The minimum absolute atomic E-state index is 0.0110. The van der Waals surface area contributed by atoms with Gasteiger partial charge < -0.3 is 36.0 Å². The van der Waals surface area contributed by atoms with E-state index >= 15 is 0 Å². The predicted octanol–water partition coefficient (Wildman–Crippen LogP) is 2.47. The van der Waals surface area contributed by atoms with Gasteiger partial charge in [-0.3, -0.25) is 24.0 Å². The summed E-state index contributed by atoms with van der Waals surface area (Å²) in [5, 5.41) is 18.8. The van der Waals surface area contributed by atoms with Gasteiger partial charge in [0.2, 0.25) is 23.5 Å². The number of Topliss-reactive ketones (excluding diaryl/α,β-unsaturated/α-hetero) is 1. The maximum atomic E-state index is 14.8. The number of ether oxygens (including phenoxy) is 1. The number of ketones is 1. The Balaban J connectivity index is 1.70. The summed E-state index contributed by atoms with van der Waals surface area (Å²) in [7, 11) is 0. The molecule has 1 aromatic rings. The molecule has 4 unspecified atom stereocenters. The highest BCUT2D eigenvalue weighted by Crippen LogP contribution is 2.35. The molecule has 0 aromatic heterocycles. The van der Waals surface area contributed by atoms with Gasteiger partial charge in [0.25, 0.3) is 11.8 Å². The van der Waals surface area contributed by atoms with Gasteiger partial charge in [-0.15, -0.1) is 0 Å². The summed E-state index contributed by atoms with van der Waals surface area (Å²) in [4.78, 5) is 90.7. The Hall–Kier alpha value is -4.63. The summed E-state index contributed by atoms with van der Waals surface area (Å²) in [5.74, 6) is -10.4. The quantitative estimate of drug-likeness (QED) is 0.160. The normalized spacial score (nSPS) is 19.1. The summed E-state index contributed by atoms with van der Waals surface area (Å²) < 4.78 is 34.9. The van der Waals surface area contributed by atoms with Crippen LogP contribution in [0.15, 0.2) is 30.3 Å². The maximum absolute atomic E-state index is 14.8. The van der Waals surface area contributed by atoms with Crippen molar-refractivity contribution in [2.24, 2.45) is 11.8 Å². The van der Waals surface area contributed by atoms with Crippen LogP contribution in [-0.4, -0.2) is 95.2 Å². The number of alkyl carbamates (subject to hydrolysis) is 1. The fourth-order valence-electron chi connectivity index (χ4n) is 6.10. The molecule has 14 nitrogen and oxygen atoms in total. The summed E-state index contributed by atoms with van der Waals surface area (Å²) in [5.41, 5.74) is 0.276. The standard InChI is InChI=1S/C34H47F2N5O9/c1-4-11-23(28(43)30(45)37-17-25(42)39-27(32(47)48)22-14-9-6-10-15-22)38-29(44)24-16-34(35,36)19-41(24)31(46)26(21-12-7-5-8-13-21)40-33(49)50-18-20(2)3/h6,9-10,14-15,20-21,23-24,26-27H,4-5,7-8,11-13,16-19H2,1-3H3,(H,37,45)(H,38,44)(H,39,42)(H,40,49)(H,47,48). The van der Waals surface area contributed by atoms with Crippen LogP contribution in [0.1, 0.15) is 83.7 Å². The highest BCUT2D eigenvalue weighted by atomic mass is 19.3. The molecule has 2 fully saturated rings. The zero-order valence-corrected chi connectivity index (χ0v) is 28.5. The molecule has 5 N–H and O–H groups in total. The number of nitrogens with one attached hydrogen (secondary N) is 4. The summed E-state index contributed by atoms with van der Waals surface area (Å²) in [6.07, 6.45) is 1.90. The van der Waals surface area contributed by atoms with Gasteiger partial charge in [0.1, 0.15) is 12.1 Å². The maximum Gasteiger partial charge on any atom is 0.407 e. The number of likely N-dealkylation sites (tertiary alicyclic amines) is 1. The van der Waals surface area contributed by atoms with Gasteiger partial charge in [0, 0.05) is 6.42 Å². The molecule has 16 heteroatoms. The SMILES string of the molecule is CCCC(NC(=O)C1CC(F)(F)CN1C(=O)C(NC(=O)OCC(C)C)C1CCCCC1)C(=O)C(=O)NCC(=O)NC(C(=O)O)c1ccccc1. The van der Waals surface area contributed by atoms with Crippen LogP contribution >= 0.6 is 0 Å². The number of carbonyl (C=O) groups excluding carboxylic acids is 6. The molecule has 1 aromatic carbocycles. The van der Waals surface area contributed by atoms with Gasteiger partial charge >= 0.3 is 12.1 Å². The topological polar surface area (TPSA) is 200 Å². The molecule has 1 heterocycles. The van der Waals surface area contributed by atoms with Crippen LogP contribution in [0.2, 0.25) is 0 Å². The van der Waals surface area contributed by atoms with Crippen molar-refractivity contribution in [3.05, 3.63) is 35.9 Å². The van der Waals surface area contributed by atoms with E-state index in [0.29, 0.717) is 12.8 Å². The number of hydrogen-bond acceptors (Lipinski definition) is 8. The van der Waals surface area contributed by atoms with E-state index in [0.717, 1.165) is 24.2 Å². The number of benzene rings is 1. The zero-order chi connectivity index (χ0) is 37.0. The van der Waals surface area contributed by atoms with E-state index in [2.05, 4.69) is 21.3 Å². The van der Waals surface area contributed by atoms with Crippen molar-refractivity contribution < 1.29 is 52.2 Å². The van der Waals surface area contributed by atoms with Crippen LogP contribution in [0, 0.1) is 11.8 Å². The molecule has 2 aliphatic rings. The lowest BCUT2D eigenvalue weighted by Crippen LogP contribution is -2.58. The highest BCUT2D eigenvalue weighted by molar-refractivity contribution is 6.38. The van der Waals surface area contributed by atoms with Crippen LogP contribution in [0.4, 0.5) is 13.6 Å². The smallest absolute Gasteiger partial charge is 0.407 e. The number of nitrogens with zero attached hydrogens (tertiary/aromatic N) is 1. The third-order valence-corrected chi connectivity index (χ3v) is 8.59. The summed E-state index contributed by atoms with van der Waals surface area (Å²) in [6.45, 7) is 3.54. The molecule has 5 amide bonds. The Morgan fingerprint density at radius 1 is 0.980 bits per heavy atom. The third-order valence-electron chi connectivity index (χ3n) is 8.59. The van der Waals surface area contributed by atoms with E-state index in [4.69, 9.17) is 4.74 Å².